The van der Waals surface area contributed by atoms with Crippen LogP contribution in [-0.4, -0.2) is 37.6 Å². The van der Waals surface area contributed by atoms with Crippen LogP contribution in [0.3, 0.4) is 0 Å². The lowest BCUT2D eigenvalue weighted by atomic mass is 9.81. The quantitative estimate of drug-likeness (QED) is 0.836. The monoisotopic (exact) mass is 262 g/mol. The second kappa shape index (κ2) is 5.24. The van der Waals surface area contributed by atoms with Crippen molar-refractivity contribution in [2.45, 2.75) is 56.7 Å². The third-order valence-corrected chi connectivity index (χ3v) is 5.87. The van der Waals surface area contributed by atoms with E-state index in [4.69, 9.17) is 5.73 Å². The third-order valence-electron chi connectivity index (χ3n) is 3.54. The van der Waals surface area contributed by atoms with Crippen molar-refractivity contribution in [1.29, 1.82) is 0 Å². The molecule has 0 bridgehead atoms. The molecule has 5 heteroatoms. The topological polar surface area (TPSA) is 63.4 Å². The van der Waals surface area contributed by atoms with Crippen LogP contribution in [0.15, 0.2) is 0 Å². The number of sulfonamides is 1. The fraction of sp³-hybridized carbons (Fsp3) is 1.00. The average molecular weight is 262 g/mol. The highest BCUT2D eigenvalue weighted by atomic mass is 32.2. The van der Waals surface area contributed by atoms with Gasteiger partial charge in [0.05, 0.1) is 5.25 Å². The van der Waals surface area contributed by atoms with Gasteiger partial charge < -0.3 is 5.73 Å². The molecule has 4 nitrogen and oxygen atoms in total. The van der Waals surface area contributed by atoms with Crippen LogP contribution in [0.4, 0.5) is 0 Å². The summed E-state index contributed by atoms with van der Waals surface area (Å²) < 4.78 is 25.3. The molecule has 0 heterocycles. The Morgan fingerprint density at radius 1 is 1.18 bits per heavy atom. The summed E-state index contributed by atoms with van der Waals surface area (Å²) >= 11 is 0. The molecule has 1 aliphatic carbocycles. The molecule has 0 unspecified atom stereocenters. The van der Waals surface area contributed by atoms with Gasteiger partial charge in [-0.2, -0.15) is 0 Å². The Kier molecular flexibility index (Phi) is 4.60. The highest BCUT2D eigenvalue weighted by Crippen LogP contribution is 2.33. The van der Waals surface area contributed by atoms with Crippen LogP contribution < -0.4 is 5.73 Å². The van der Waals surface area contributed by atoms with Gasteiger partial charge in [-0.3, -0.25) is 0 Å². The molecule has 0 aromatic heterocycles. The SMILES string of the molecule is CN(C)S(=O)(=O)C1CCC(CC(C)(C)N)CC1. The summed E-state index contributed by atoms with van der Waals surface area (Å²) in [5.41, 5.74) is 5.87. The highest BCUT2D eigenvalue weighted by Gasteiger charge is 2.33. The van der Waals surface area contributed by atoms with Gasteiger partial charge in [0.15, 0.2) is 0 Å². The zero-order chi connectivity index (χ0) is 13.3. The predicted octanol–water partition coefficient (Wildman–Crippen LogP) is 1.56. The van der Waals surface area contributed by atoms with Crippen molar-refractivity contribution in [2.24, 2.45) is 11.7 Å². The second-order valence-corrected chi connectivity index (χ2v) is 8.59. The molecule has 2 N–H and O–H groups in total. The first-order valence-corrected chi connectivity index (χ1v) is 7.83. The Balaban J connectivity index is 2.52. The highest BCUT2D eigenvalue weighted by molar-refractivity contribution is 7.89. The van der Waals surface area contributed by atoms with Crippen molar-refractivity contribution in [3.63, 3.8) is 0 Å². The van der Waals surface area contributed by atoms with Gasteiger partial charge in [-0.1, -0.05) is 0 Å². The Morgan fingerprint density at radius 2 is 1.65 bits per heavy atom. The zero-order valence-electron chi connectivity index (χ0n) is 11.4. The molecule has 0 radical (unpaired) electrons. The first kappa shape index (κ1) is 14.9. The van der Waals surface area contributed by atoms with Gasteiger partial charge in [0, 0.05) is 19.6 Å². The van der Waals surface area contributed by atoms with Crippen molar-refractivity contribution in [3.05, 3.63) is 0 Å². The van der Waals surface area contributed by atoms with Crippen LogP contribution in [0.5, 0.6) is 0 Å². The van der Waals surface area contributed by atoms with Crippen LogP contribution in [0, 0.1) is 5.92 Å². The van der Waals surface area contributed by atoms with Crippen LogP contribution in [0.1, 0.15) is 46.0 Å². The molecule has 1 rings (SSSR count). The number of nitrogens with two attached hydrogens (primary N) is 1. The number of rotatable bonds is 4. The Morgan fingerprint density at radius 3 is 2.00 bits per heavy atom. The number of hydrogen-bond acceptors (Lipinski definition) is 3. The maximum atomic E-state index is 12.0. The molecule has 1 saturated carbocycles. The van der Waals surface area contributed by atoms with Gasteiger partial charge in [0.1, 0.15) is 0 Å². The molecular weight excluding hydrogens is 236 g/mol. The minimum Gasteiger partial charge on any atom is -0.326 e. The van der Waals surface area contributed by atoms with E-state index in [0.29, 0.717) is 5.92 Å². The fourth-order valence-electron chi connectivity index (χ4n) is 2.68. The minimum absolute atomic E-state index is 0.141. The van der Waals surface area contributed by atoms with Gasteiger partial charge >= 0.3 is 0 Å². The fourth-order valence-corrected chi connectivity index (χ4v) is 4.14. The van der Waals surface area contributed by atoms with E-state index in [2.05, 4.69) is 0 Å². The first-order chi connectivity index (χ1) is 7.63. The van der Waals surface area contributed by atoms with Crippen LogP contribution in [-0.2, 0) is 10.0 Å². The summed E-state index contributed by atoms with van der Waals surface area (Å²) in [5.74, 6) is 0.587. The maximum absolute atomic E-state index is 12.0. The lowest BCUT2D eigenvalue weighted by Crippen LogP contribution is -2.39. The van der Waals surface area contributed by atoms with E-state index in [0.717, 1.165) is 32.1 Å². The van der Waals surface area contributed by atoms with Gasteiger partial charge in [0.25, 0.3) is 0 Å². The molecular formula is C12H26N2O2S. The van der Waals surface area contributed by atoms with E-state index >= 15 is 0 Å². The molecule has 0 aromatic carbocycles. The summed E-state index contributed by atoms with van der Waals surface area (Å²) in [7, 11) is 0.166. The average Bonchev–Trinajstić information content (AvgIpc) is 2.15. The molecule has 0 atom stereocenters. The molecule has 0 amide bonds. The smallest absolute Gasteiger partial charge is 0.216 e. The summed E-state index contributed by atoms with van der Waals surface area (Å²) in [6, 6.07) is 0. The van der Waals surface area contributed by atoms with Gasteiger partial charge in [0.2, 0.25) is 10.0 Å². The molecule has 17 heavy (non-hydrogen) atoms. The molecule has 0 aliphatic heterocycles. The van der Waals surface area contributed by atoms with Gasteiger partial charge in [-0.15, -0.1) is 0 Å². The summed E-state index contributed by atoms with van der Waals surface area (Å²) in [6.45, 7) is 4.07. The summed E-state index contributed by atoms with van der Waals surface area (Å²) in [4.78, 5) is 0. The van der Waals surface area contributed by atoms with Crippen LogP contribution >= 0.6 is 0 Å². The van der Waals surface area contributed by atoms with E-state index in [1.807, 2.05) is 13.8 Å². The van der Waals surface area contributed by atoms with Gasteiger partial charge in [-0.05, 0) is 51.9 Å². The van der Waals surface area contributed by atoms with E-state index in [1.165, 1.54) is 4.31 Å². The molecule has 0 saturated heterocycles. The van der Waals surface area contributed by atoms with Crippen LogP contribution in [0.25, 0.3) is 0 Å². The van der Waals surface area contributed by atoms with E-state index in [-0.39, 0.29) is 10.8 Å². The first-order valence-electron chi connectivity index (χ1n) is 6.33. The minimum atomic E-state index is -3.06. The maximum Gasteiger partial charge on any atom is 0.216 e. The molecule has 102 valence electrons. The Bertz CT molecular complexity index is 336. The number of hydrogen-bond donors (Lipinski definition) is 1. The second-order valence-electron chi connectivity index (χ2n) is 6.16. The molecule has 1 aliphatic rings. The number of nitrogens with zero attached hydrogens (tertiary/aromatic N) is 1. The normalized spacial score (nSPS) is 27.4. The largest absolute Gasteiger partial charge is 0.326 e. The van der Waals surface area contributed by atoms with Crippen LogP contribution in [0.2, 0.25) is 0 Å². The third kappa shape index (κ3) is 4.23. The molecule has 0 spiro atoms. The van der Waals surface area contributed by atoms with Crippen molar-refractivity contribution < 1.29 is 8.42 Å². The van der Waals surface area contributed by atoms with Crippen molar-refractivity contribution in [1.82, 2.24) is 4.31 Å². The summed E-state index contributed by atoms with van der Waals surface area (Å²) in [5, 5.41) is -0.186. The zero-order valence-corrected chi connectivity index (χ0v) is 12.3. The van der Waals surface area contributed by atoms with E-state index < -0.39 is 10.0 Å². The Labute approximate surface area is 106 Å². The van der Waals surface area contributed by atoms with Crippen molar-refractivity contribution >= 4 is 10.0 Å². The lowest BCUT2D eigenvalue weighted by Gasteiger charge is -2.33. The van der Waals surface area contributed by atoms with E-state index in [9.17, 15) is 8.42 Å². The molecule has 0 aromatic rings. The van der Waals surface area contributed by atoms with Gasteiger partial charge in [-0.25, -0.2) is 12.7 Å². The lowest BCUT2D eigenvalue weighted by molar-refractivity contribution is 0.280. The standard InChI is InChI=1S/C12H26N2O2S/c1-12(2,13)9-10-5-7-11(8-6-10)17(15,16)14(3)4/h10-11H,5-9,13H2,1-4H3. The van der Waals surface area contributed by atoms with E-state index in [1.54, 1.807) is 14.1 Å². The van der Waals surface area contributed by atoms with Crippen molar-refractivity contribution in [2.75, 3.05) is 14.1 Å². The van der Waals surface area contributed by atoms with Crippen molar-refractivity contribution in [3.8, 4) is 0 Å². The Hall–Kier alpha value is -0.130. The summed E-state index contributed by atoms with van der Waals surface area (Å²) in [6.07, 6.45) is 4.51. The predicted molar refractivity (Wildman–Crippen MR) is 71.2 cm³/mol. The molecule has 1 fully saturated rings.